The molecule has 0 unspecified atom stereocenters. The second-order valence-electron chi connectivity index (χ2n) is 7.27. The fourth-order valence-electron chi connectivity index (χ4n) is 3.45. The summed E-state index contributed by atoms with van der Waals surface area (Å²) in [6, 6.07) is 10.9. The van der Waals surface area contributed by atoms with Crippen molar-refractivity contribution in [1.82, 2.24) is 9.88 Å². The molecule has 0 amide bonds. The number of fused-ring (bicyclic) bond motifs is 1. The third-order valence-electron chi connectivity index (χ3n) is 5.25. The Morgan fingerprint density at radius 3 is 2.72 bits per heavy atom. The van der Waals surface area contributed by atoms with Gasteiger partial charge in [0, 0.05) is 28.4 Å². The van der Waals surface area contributed by atoms with E-state index in [9.17, 15) is 5.26 Å². The summed E-state index contributed by atoms with van der Waals surface area (Å²) in [5.41, 5.74) is 3.08. The number of hydrogen-bond donors (Lipinski definition) is 1. The number of rotatable bonds is 7. The van der Waals surface area contributed by atoms with Crippen LogP contribution < -0.4 is 14.8 Å². The highest BCUT2D eigenvalue weighted by molar-refractivity contribution is 6.36. The van der Waals surface area contributed by atoms with Gasteiger partial charge in [-0.05, 0) is 30.3 Å². The predicted octanol–water partition coefficient (Wildman–Crippen LogP) is 5.93. The summed E-state index contributed by atoms with van der Waals surface area (Å²) in [7, 11) is 1.58. The van der Waals surface area contributed by atoms with Crippen molar-refractivity contribution >= 4 is 45.5 Å². The average Bonchev–Trinajstić information content (AvgIpc) is 2.76. The van der Waals surface area contributed by atoms with Gasteiger partial charge in [0.05, 0.1) is 47.7 Å². The molecule has 162 valence electrons. The van der Waals surface area contributed by atoms with Gasteiger partial charge in [-0.3, -0.25) is 4.98 Å². The van der Waals surface area contributed by atoms with Crippen LogP contribution in [-0.2, 0) is 0 Å². The normalized spacial score (nSPS) is 13.2. The highest BCUT2D eigenvalue weighted by Gasteiger charge is 2.29. The molecular formula is C24H20Cl2N4O2. The van der Waals surface area contributed by atoms with Crippen LogP contribution in [-0.4, -0.2) is 36.2 Å². The number of hydrogen-bond acceptors (Lipinski definition) is 6. The van der Waals surface area contributed by atoms with Crippen LogP contribution >= 0.6 is 23.2 Å². The van der Waals surface area contributed by atoms with Crippen LogP contribution in [0.2, 0.25) is 10.0 Å². The van der Waals surface area contributed by atoms with Gasteiger partial charge in [0.25, 0.3) is 0 Å². The van der Waals surface area contributed by atoms with Crippen molar-refractivity contribution in [2.75, 3.05) is 25.5 Å². The molecule has 3 aromatic rings. The molecule has 6 nitrogen and oxygen atoms in total. The van der Waals surface area contributed by atoms with Gasteiger partial charge in [-0.25, -0.2) is 0 Å². The van der Waals surface area contributed by atoms with Crippen LogP contribution in [0.3, 0.4) is 0 Å². The van der Waals surface area contributed by atoms with Crippen LogP contribution in [0.15, 0.2) is 61.5 Å². The Balaban J connectivity index is 1.73. The number of ether oxygens (including phenoxy) is 2. The molecule has 1 aromatic heterocycles. The number of benzene rings is 2. The Bertz CT molecular complexity index is 1260. The van der Waals surface area contributed by atoms with Gasteiger partial charge in [-0.2, -0.15) is 5.26 Å². The highest BCUT2D eigenvalue weighted by atomic mass is 35.5. The largest absolute Gasteiger partial charge is 0.493 e. The van der Waals surface area contributed by atoms with E-state index in [2.05, 4.69) is 34.4 Å². The molecule has 0 saturated carbocycles. The van der Waals surface area contributed by atoms with E-state index in [1.54, 1.807) is 37.5 Å². The molecule has 2 heterocycles. The minimum Gasteiger partial charge on any atom is -0.493 e. The fraction of sp³-hybridized carbons (Fsp3) is 0.167. The van der Waals surface area contributed by atoms with Crippen molar-refractivity contribution in [1.29, 1.82) is 5.26 Å². The third kappa shape index (κ3) is 4.18. The summed E-state index contributed by atoms with van der Waals surface area (Å²) in [5, 5.41) is 14.6. The molecule has 1 fully saturated rings. The van der Waals surface area contributed by atoms with E-state index in [1.807, 2.05) is 6.07 Å². The quantitative estimate of drug-likeness (QED) is 0.435. The Morgan fingerprint density at radius 2 is 2.06 bits per heavy atom. The lowest BCUT2D eigenvalue weighted by Crippen LogP contribution is -2.52. The smallest absolute Gasteiger partial charge is 0.162 e. The number of allylic oxidation sites excluding steroid dienone is 1. The van der Waals surface area contributed by atoms with Gasteiger partial charge in [0.2, 0.25) is 0 Å². The number of methoxy groups -OCH3 is 1. The first-order valence-electron chi connectivity index (χ1n) is 9.79. The molecule has 2 aromatic carbocycles. The Morgan fingerprint density at radius 1 is 1.28 bits per heavy atom. The zero-order valence-corrected chi connectivity index (χ0v) is 18.9. The van der Waals surface area contributed by atoms with E-state index < -0.39 is 0 Å². The molecular weight excluding hydrogens is 447 g/mol. The standard InChI is InChI=1S/C24H20Cl2N4O2/c1-4-14(2)30-12-17(13-30)32-23-8-18-21(9-22(23)31-3)28-11-15(10-27)24(18)29-20-6-5-16(25)7-19(20)26/h4-9,11,17H,1-2,12-13H2,3H3,(H,28,29). The first-order valence-corrected chi connectivity index (χ1v) is 10.5. The van der Waals surface area contributed by atoms with Crippen molar-refractivity contribution in [2.45, 2.75) is 6.10 Å². The summed E-state index contributed by atoms with van der Waals surface area (Å²) >= 11 is 12.4. The van der Waals surface area contributed by atoms with Gasteiger partial charge in [0.15, 0.2) is 11.5 Å². The number of nitrogens with one attached hydrogen (secondary N) is 1. The van der Waals surface area contributed by atoms with Crippen molar-refractivity contribution in [3.63, 3.8) is 0 Å². The molecule has 1 N–H and O–H groups in total. The van der Waals surface area contributed by atoms with E-state index in [1.165, 1.54) is 6.20 Å². The molecule has 4 rings (SSSR count). The first-order chi connectivity index (χ1) is 15.4. The third-order valence-corrected chi connectivity index (χ3v) is 5.80. The number of anilines is 2. The van der Waals surface area contributed by atoms with E-state index in [-0.39, 0.29) is 6.10 Å². The molecule has 0 aliphatic carbocycles. The summed E-state index contributed by atoms with van der Waals surface area (Å²) in [6.07, 6.45) is 3.22. The molecule has 1 saturated heterocycles. The molecule has 1 aliphatic rings. The lowest BCUT2D eigenvalue weighted by Gasteiger charge is -2.41. The van der Waals surface area contributed by atoms with E-state index in [4.69, 9.17) is 32.7 Å². The lowest BCUT2D eigenvalue weighted by atomic mass is 10.1. The zero-order chi connectivity index (χ0) is 22.8. The van der Waals surface area contributed by atoms with Crippen molar-refractivity contribution in [2.24, 2.45) is 0 Å². The van der Waals surface area contributed by atoms with Crippen LogP contribution in [0.25, 0.3) is 10.9 Å². The monoisotopic (exact) mass is 466 g/mol. The van der Waals surface area contributed by atoms with Gasteiger partial charge < -0.3 is 19.7 Å². The molecule has 0 atom stereocenters. The minimum absolute atomic E-state index is 0.0210. The van der Waals surface area contributed by atoms with Crippen LogP contribution in [0.4, 0.5) is 11.4 Å². The van der Waals surface area contributed by atoms with Crippen molar-refractivity contribution in [3.05, 3.63) is 77.1 Å². The summed E-state index contributed by atoms with van der Waals surface area (Å²) in [4.78, 5) is 6.50. The van der Waals surface area contributed by atoms with Crippen LogP contribution in [0.1, 0.15) is 5.56 Å². The second-order valence-corrected chi connectivity index (χ2v) is 8.11. The summed E-state index contributed by atoms with van der Waals surface area (Å²) in [6.45, 7) is 9.11. The van der Waals surface area contributed by atoms with Gasteiger partial charge >= 0.3 is 0 Å². The molecule has 8 heteroatoms. The topological polar surface area (TPSA) is 70.4 Å². The number of halogens is 2. The maximum atomic E-state index is 9.67. The highest BCUT2D eigenvalue weighted by Crippen LogP contribution is 2.39. The second kappa shape index (κ2) is 8.99. The molecule has 0 bridgehead atoms. The summed E-state index contributed by atoms with van der Waals surface area (Å²) < 4.78 is 11.7. The SMILES string of the molecule is C=CC(=C)N1CC(Oc2cc3c(Nc4ccc(Cl)cc4Cl)c(C#N)cnc3cc2OC)C1. The maximum Gasteiger partial charge on any atom is 0.162 e. The number of nitrogens with zero attached hydrogens (tertiary/aromatic N) is 3. The Hall–Kier alpha value is -3.40. The van der Waals surface area contributed by atoms with Crippen molar-refractivity contribution < 1.29 is 9.47 Å². The number of likely N-dealkylation sites (tertiary alicyclic amines) is 1. The predicted molar refractivity (Wildman–Crippen MR) is 128 cm³/mol. The average molecular weight is 467 g/mol. The first kappa shape index (κ1) is 21.8. The maximum absolute atomic E-state index is 9.67. The van der Waals surface area contributed by atoms with Crippen LogP contribution in [0, 0.1) is 11.3 Å². The zero-order valence-electron chi connectivity index (χ0n) is 17.4. The van der Waals surface area contributed by atoms with Crippen LogP contribution in [0.5, 0.6) is 11.5 Å². The Kier molecular flexibility index (Phi) is 6.13. The van der Waals surface area contributed by atoms with Gasteiger partial charge in [0.1, 0.15) is 12.2 Å². The fourth-order valence-corrected chi connectivity index (χ4v) is 3.91. The molecule has 0 radical (unpaired) electrons. The summed E-state index contributed by atoms with van der Waals surface area (Å²) in [5.74, 6) is 1.13. The Labute approximate surface area is 196 Å². The van der Waals surface area contributed by atoms with E-state index >= 15 is 0 Å². The van der Waals surface area contributed by atoms with E-state index in [0.717, 1.165) is 5.70 Å². The minimum atomic E-state index is -0.0210. The molecule has 1 aliphatic heterocycles. The van der Waals surface area contributed by atoms with Gasteiger partial charge in [-0.15, -0.1) is 0 Å². The molecule has 0 spiro atoms. The van der Waals surface area contributed by atoms with E-state index in [0.29, 0.717) is 62.5 Å². The van der Waals surface area contributed by atoms with Gasteiger partial charge in [-0.1, -0.05) is 36.4 Å². The number of pyridine rings is 1. The number of aromatic nitrogens is 1. The lowest BCUT2D eigenvalue weighted by molar-refractivity contribution is 0.0454. The number of nitriles is 1. The van der Waals surface area contributed by atoms with Crippen molar-refractivity contribution in [3.8, 4) is 17.6 Å². The molecule has 32 heavy (non-hydrogen) atoms.